The van der Waals surface area contributed by atoms with Crippen LogP contribution in [0.2, 0.25) is 0 Å². The predicted octanol–water partition coefficient (Wildman–Crippen LogP) is 5.03. The molecule has 3 aromatic heterocycles. The predicted molar refractivity (Wildman–Crippen MR) is 124 cm³/mol. The summed E-state index contributed by atoms with van der Waals surface area (Å²) < 4.78 is 8.07. The molecule has 0 bridgehead atoms. The van der Waals surface area contributed by atoms with Crippen LogP contribution in [-0.4, -0.2) is 25.1 Å². The summed E-state index contributed by atoms with van der Waals surface area (Å²) in [5.41, 5.74) is 8.85. The van der Waals surface area contributed by atoms with Crippen molar-refractivity contribution in [2.24, 2.45) is 5.73 Å². The highest BCUT2D eigenvalue weighted by Gasteiger charge is 2.27. The number of aromatic nitrogens is 4. The first-order valence-electron chi connectivity index (χ1n) is 9.68. The van der Waals surface area contributed by atoms with Crippen molar-refractivity contribution < 1.29 is 4.74 Å². The lowest BCUT2D eigenvalue weighted by Gasteiger charge is -2.26. The van der Waals surface area contributed by atoms with Crippen LogP contribution < -0.4 is 15.4 Å². The van der Waals surface area contributed by atoms with Crippen molar-refractivity contribution in [1.82, 2.24) is 19.6 Å². The highest BCUT2D eigenvalue weighted by atomic mass is 32.2. The Morgan fingerprint density at radius 3 is 2.74 bits per heavy atom. The van der Waals surface area contributed by atoms with Gasteiger partial charge in [0.15, 0.2) is 17.2 Å². The molecule has 1 atom stereocenters. The van der Waals surface area contributed by atoms with Crippen molar-refractivity contribution in [3.05, 3.63) is 77.7 Å². The number of anilines is 1. The molecule has 0 amide bonds. The van der Waals surface area contributed by atoms with Crippen LogP contribution in [0.25, 0.3) is 5.65 Å². The molecule has 1 unspecified atom stereocenters. The largest absolute Gasteiger partial charge is 0.453 e. The van der Waals surface area contributed by atoms with Crippen LogP contribution in [0.4, 0.5) is 5.82 Å². The summed E-state index contributed by atoms with van der Waals surface area (Å²) in [4.78, 5) is 12.2. The van der Waals surface area contributed by atoms with Gasteiger partial charge in [-0.15, -0.1) is 0 Å². The number of pyridine rings is 1. The minimum absolute atomic E-state index is 0.240. The fourth-order valence-corrected chi connectivity index (χ4v) is 5.13. The maximum atomic E-state index is 6.31. The van der Waals surface area contributed by atoms with Gasteiger partial charge in [-0.3, -0.25) is 0 Å². The van der Waals surface area contributed by atoms with Crippen LogP contribution in [-0.2, 0) is 0 Å². The van der Waals surface area contributed by atoms with Gasteiger partial charge in [-0.2, -0.15) is 5.10 Å². The van der Waals surface area contributed by atoms with Crippen LogP contribution in [0.1, 0.15) is 12.6 Å². The van der Waals surface area contributed by atoms with Crippen molar-refractivity contribution in [2.75, 3.05) is 4.90 Å². The minimum Gasteiger partial charge on any atom is -0.453 e. The number of ether oxygens (including phenoxy) is 1. The molecule has 31 heavy (non-hydrogen) atoms. The second-order valence-electron chi connectivity index (χ2n) is 7.00. The molecule has 156 valence electrons. The Morgan fingerprint density at radius 1 is 1.13 bits per heavy atom. The number of aryl methyl sites for hydroxylation is 1. The summed E-state index contributed by atoms with van der Waals surface area (Å²) in [6.07, 6.45) is 3.59. The number of benzene rings is 1. The lowest BCUT2D eigenvalue weighted by molar-refractivity contribution is 0.478. The van der Waals surface area contributed by atoms with Gasteiger partial charge in [0.25, 0.3) is 0 Å². The fourth-order valence-electron chi connectivity index (χ4n) is 3.32. The van der Waals surface area contributed by atoms with Gasteiger partial charge in [-0.25, -0.2) is 14.5 Å². The zero-order valence-electron chi connectivity index (χ0n) is 17.0. The van der Waals surface area contributed by atoms with Crippen molar-refractivity contribution in [1.29, 1.82) is 0 Å². The minimum atomic E-state index is -0.240. The number of fused-ring (bicyclic) bond motifs is 1. The van der Waals surface area contributed by atoms with Crippen molar-refractivity contribution >= 4 is 35.0 Å². The SMILES string of the molecule is CC1=CSC(N)N1c1ncc(Sc2cc(C)nc3ccnn23)cc1Oc1ccccc1. The monoisotopic (exact) mass is 448 g/mol. The summed E-state index contributed by atoms with van der Waals surface area (Å²) in [5, 5.41) is 7.39. The zero-order chi connectivity index (χ0) is 21.4. The van der Waals surface area contributed by atoms with Crippen LogP contribution in [0.3, 0.4) is 0 Å². The second-order valence-corrected chi connectivity index (χ2v) is 9.09. The number of nitrogens with zero attached hydrogens (tertiary/aromatic N) is 5. The van der Waals surface area contributed by atoms with Gasteiger partial charge in [-0.1, -0.05) is 41.7 Å². The Hall–Kier alpha value is -3.01. The van der Waals surface area contributed by atoms with Crippen molar-refractivity contribution in [3.63, 3.8) is 0 Å². The third-order valence-electron chi connectivity index (χ3n) is 4.70. The Labute approximate surface area is 188 Å². The zero-order valence-corrected chi connectivity index (χ0v) is 18.6. The maximum Gasteiger partial charge on any atom is 0.178 e. The standard InChI is InChI=1S/C22H20N6OS2/c1-14-10-20(28-19(26-14)8-9-25-28)31-17-11-18(29-16-6-4-3-5-7-16)21(24-12-17)27-15(2)13-30-22(27)23/h3-13,22H,23H2,1-2H3. The molecular weight excluding hydrogens is 428 g/mol. The number of nitrogens with two attached hydrogens (primary N) is 1. The molecule has 0 radical (unpaired) electrons. The Morgan fingerprint density at radius 2 is 1.97 bits per heavy atom. The van der Waals surface area contributed by atoms with E-state index in [4.69, 9.17) is 15.5 Å². The van der Waals surface area contributed by atoms with Crippen molar-refractivity contribution in [2.45, 2.75) is 29.3 Å². The first-order chi connectivity index (χ1) is 15.1. The third kappa shape index (κ3) is 3.99. The van der Waals surface area contributed by atoms with Gasteiger partial charge >= 0.3 is 0 Å². The summed E-state index contributed by atoms with van der Waals surface area (Å²) in [5.74, 6) is 2.07. The summed E-state index contributed by atoms with van der Waals surface area (Å²) >= 11 is 3.12. The smallest absolute Gasteiger partial charge is 0.178 e. The molecule has 7 nitrogen and oxygen atoms in total. The second kappa shape index (κ2) is 8.26. The molecule has 1 aliphatic rings. The van der Waals surface area contributed by atoms with E-state index in [9.17, 15) is 0 Å². The molecular formula is C22H20N6OS2. The van der Waals surface area contributed by atoms with Crippen LogP contribution in [0.5, 0.6) is 11.5 Å². The lowest BCUT2D eigenvalue weighted by Crippen LogP contribution is -2.35. The van der Waals surface area contributed by atoms with E-state index in [-0.39, 0.29) is 5.50 Å². The molecule has 5 rings (SSSR count). The number of thioether (sulfide) groups is 1. The van der Waals surface area contributed by atoms with Gasteiger partial charge in [0.2, 0.25) is 0 Å². The Balaban J connectivity index is 1.55. The van der Waals surface area contributed by atoms with E-state index in [0.717, 1.165) is 32.7 Å². The number of allylic oxidation sites excluding steroid dienone is 1. The molecule has 0 saturated carbocycles. The van der Waals surface area contributed by atoms with E-state index in [1.165, 1.54) is 0 Å². The molecule has 1 aromatic carbocycles. The van der Waals surface area contributed by atoms with E-state index in [1.54, 1.807) is 29.7 Å². The fraction of sp³-hybridized carbons (Fsp3) is 0.136. The highest BCUT2D eigenvalue weighted by molar-refractivity contribution is 8.03. The van der Waals surface area contributed by atoms with E-state index < -0.39 is 0 Å². The van der Waals surface area contributed by atoms with Crippen LogP contribution >= 0.6 is 23.5 Å². The lowest BCUT2D eigenvalue weighted by atomic mass is 10.3. The first kappa shape index (κ1) is 19.9. The van der Waals surface area contributed by atoms with Crippen LogP contribution in [0.15, 0.2) is 82.0 Å². The van der Waals surface area contributed by atoms with Gasteiger partial charge in [-0.05, 0) is 37.5 Å². The van der Waals surface area contributed by atoms with Gasteiger partial charge in [0.1, 0.15) is 16.3 Å². The summed E-state index contributed by atoms with van der Waals surface area (Å²) in [6, 6.07) is 15.6. The molecule has 0 aliphatic carbocycles. The third-order valence-corrected chi connectivity index (χ3v) is 6.62. The Bertz CT molecular complexity index is 1270. The van der Waals surface area contributed by atoms with Gasteiger partial charge in [0.05, 0.1) is 6.20 Å². The quantitative estimate of drug-likeness (QED) is 0.426. The maximum absolute atomic E-state index is 6.31. The molecule has 4 heterocycles. The number of hydrogen-bond donors (Lipinski definition) is 1. The highest BCUT2D eigenvalue weighted by Crippen LogP contribution is 2.41. The number of para-hydroxylation sites is 1. The van der Waals surface area contributed by atoms with E-state index in [2.05, 4.69) is 10.1 Å². The van der Waals surface area contributed by atoms with E-state index in [1.807, 2.05) is 83.4 Å². The molecule has 1 aliphatic heterocycles. The molecule has 2 N–H and O–H groups in total. The molecule has 9 heteroatoms. The average Bonchev–Trinajstić information content (AvgIpc) is 3.36. The van der Waals surface area contributed by atoms with Gasteiger partial charge < -0.3 is 15.4 Å². The summed E-state index contributed by atoms with van der Waals surface area (Å²) in [6.45, 7) is 3.99. The molecule has 0 fully saturated rings. The van der Waals surface area contributed by atoms with Crippen molar-refractivity contribution in [3.8, 4) is 11.5 Å². The van der Waals surface area contributed by atoms with Gasteiger partial charge in [0, 0.05) is 34.6 Å². The average molecular weight is 449 g/mol. The van der Waals surface area contributed by atoms with E-state index >= 15 is 0 Å². The topological polar surface area (TPSA) is 81.6 Å². The first-order valence-corrected chi connectivity index (χ1v) is 11.4. The molecule has 0 spiro atoms. The normalized spacial score (nSPS) is 16.0. The number of rotatable bonds is 5. The Kier molecular flexibility index (Phi) is 5.31. The summed E-state index contributed by atoms with van der Waals surface area (Å²) in [7, 11) is 0. The molecule has 0 saturated heterocycles. The number of hydrogen-bond acceptors (Lipinski definition) is 8. The van der Waals surface area contributed by atoms with E-state index in [0.29, 0.717) is 11.6 Å². The van der Waals surface area contributed by atoms with Crippen LogP contribution in [0, 0.1) is 6.92 Å². The molecule has 4 aromatic rings.